The van der Waals surface area contributed by atoms with Crippen LogP contribution in [0.3, 0.4) is 0 Å². The number of hydrogen-bond acceptors (Lipinski definition) is 3. The number of fused-ring (bicyclic) bond motifs is 2. The van der Waals surface area contributed by atoms with Crippen molar-refractivity contribution in [3.8, 4) is 5.75 Å². The van der Waals surface area contributed by atoms with Crippen molar-refractivity contribution < 1.29 is 15.2 Å². The Kier molecular flexibility index (Phi) is 2.47. The molecule has 88 valence electrons. The molecule has 0 spiro atoms. The van der Waals surface area contributed by atoms with Gasteiger partial charge in [0.15, 0.2) is 0 Å². The lowest BCUT2D eigenvalue weighted by molar-refractivity contribution is 0.420. The minimum atomic E-state index is -1.69. The van der Waals surface area contributed by atoms with E-state index in [4.69, 9.17) is 0 Å². The summed E-state index contributed by atoms with van der Waals surface area (Å²) in [5, 5.41) is 32.1. The molecule has 0 fully saturated rings. The van der Waals surface area contributed by atoms with E-state index in [0.29, 0.717) is 5.39 Å². The number of benzene rings is 3. The van der Waals surface area contributed by atoms with Crippen molar-refractivity contribution in [3.05, 3.63) is 48.5 Å². The summed E-state index contributed by atoms with van der Waals surface area (Å²) in [6.07, 6.45) is 0. The van der Waals surface area contributed by atoms with E-state index >= 15 is 0 Å². The van der Waals surface area contributed by atoms with Crippen molar-refractivity contribution in [2.45, 2.75) is 0 Å². The molecule has 0 amide bonds. The monoisotopic (exact) mass is 238 g/mol. The molecule has 0 aliphatic carbocycles. The van der Waals surface area contributed by atoms with E-state index in [0.717, 1.165) is 16.2 Å². The van der Waals surface area contributed by atoms with Crippen molar-refractivity contribution in [3.63, 3.8) is 0 Å². The molecule has 0 aromatic heterocycles. The fourth-order valence-electron chi connectivity index (χ4n) is 2.30. The molecule has 0 heterocycles. The number of hydrogen-bond donors (Lipinski definition) is 3. The van der Waals surface area contributed by atoms with Crippen LogP contribution in [0.5, 0.6) is 5.75 Å². The summed E-state index contributed by atoms with van der Waals surface area (Å²) >= 11 is 0. The van der Waals surface area contributed by atoms with E-state index < -0.39 is 7.12 Å². The lowest BCUT2D eigenvalue weighted by atomic mass is 9.76. The van der Waals surface area contributed by atoms with Crippen LogP contribution in [-0.4, -0.2) is 22.3 Å². The van der Waals surface area contributed by atoms with Gasteiger partial charge in [-0.3, -0.25) is 0 Å². The molecule has 0 bridgehead atoms. The first-order valence-corrected chi connectivity index (χ1v) is 5.67. The van der Waals surface area contributed by atoms with Gasteiger partial charge in [0.2, 0.25) is 0 Å². The zero-order valence-corrected chi connectivity index (χ0v) is 9.54. The molecule has 3 rings (SSSR count). The zero-order valence-electron chi connectivity index (χ0n) is 9.54. The fraction of sp³-hybridized carbons (Fsp3) is 0. The molecule has 0 aliphatic rings. The molecule has 0 saturated carbocycles. The molecule has 0 atom stereocenters. The Balaban J connectivity index is 2.46. The average molecular weight is 238 g/mol. The maximum atomic E-state index is 9.73. The van der Waals surface area contributed by atoms with Crippen LogP contribution in [0.2, 0.25) is 0 Å². The maximum absolute atomic E-state index is 9.73. The van der Waals surface area contributed by atoms with E-state index in [1.165, 1.54) is 6.07 Å². The van der Waals surface area contributed by atoms with Gasteiger partial charge in [-0.05, 0) is 39.7 Å². The van der Waals surface area contributed by atoms with Crippen LogP contribution in [-0.2, 0) is 0 Å². The standard InChI is InChI=1S/C14H11BO3/c16-13-6-5-11-7-9-3-1-2-4-10(9)8-12(11)14(13)15(17)18/h1-8,16-18H. The summed E-state index contributed by atoms with van der Waals surface area (Å²) in [6, 6.07) is 14.9. The molecule has 18 heavy (non-hydrogen) atoms. The Labute approximate surface area is 104 Å². The molecule has 3 aromatic rings. The van der Waals surface area contributed by atoms with Crippen LogP contribution < -0.4 is 5.46 Å². The van der Waals surface area contributed by atoms with Gasteiger partial charge in [0, 0.05) is 5.46 Å². The van der Waals surface area contributed by atoms with E-state index in [-0.39, 0.29) is 11.2 Å². The van der Waals surface area contributed by atoms with Crippen molar-refractivity contribution in [2.24, 2.45) is 0 Å². The molecule has 0 aliphatic heterocycles. The Morgan fingerprint density at radius 2 is 1.44 bits per heavy atom. The molecule has 4 heteroatoms. The van der Waals surface area contributed by atoms with Gasteiger partial charge in [0.05, 0.1) is 0 Å². The van der Waals surface area contributed by atoms with Crippen molar-refractivity contribution >= 4 is 34.1 Å². The molecule has 0 unspecified atom stereocenters. The zero-order chi connectivity index (χ0) is 12.7. The van der Waals surface area contributed by atoms with Gasteiger partial charge in [0.1, 0.15) is 5.75 Å². The highest BCUT2D eigenvalue weighted by molar-refractivity contribution is 6.63. The van der Waals surface area contributed by atoms with Crippen molar-refractivity contribution in [1.29, 1.82) is 0 Å². The number of phenols is 1. The normalized spacial score (nSPS) is 11.0. The van der Waals surface area contributed by atoms with Crippen LogP contribution in [0, 0.1) is 0 Å². The summed E-state index contributed by atoms with van der Waals surface area (Å²) < 4.78 is 0. The van der Waals surface area contributed by atoms with Gasteiger partial charge in [-0.25, -0.2) is 0 Å². The second kappa shape index (κ2) is 4.01. The van der Waals surface area contributed by atoms with Crippen LogP contribution in [0.1, 0.15) is 0 Å². The number of phenolic OH excluding ortho intramolecular Hbond substituents is 1. The van der Waals surface area contributed by atoms with Gasteiger partial charge < -0.3 is 15.2 Å². The number of aromatic hydroxyl groups is 1. The van der Waals surface area contributed by atoms with Gasteiger partial charge in [0.25, 0.3) is 0 Å². The molecule has 0 radical (unpaired) electrons. The SMILES string of the molecule is OB(O)c1c(O)ccc2cc3ccccc3cc12. The molecule has 3 nitrogen and oxygen atoms in total. The molecule has 0 saturated heterocycles. The highest BCUT2D eigenvalue weighted by atomic mass is 16.4. The van der Waals surface area contributed by atoms with Crippen molar-refractivity contribution in [1.82, 2.24) is 0 Å². The summed E-state index contributed by atoms with van der Waals surface area (Å²) in [5.74, 6) is -0.104. The summed E-state index contributed by atoms with van der Waals surface area (Å²) in [6.45, 7) is 0. The van der Waals surface area contributed by atoms with Gasteiger partial charge in [-0.2, -0.15) is 0 Å². The predicted molar refractivity (Wildman–Crippen MR) is 72.9 cm³/mol. The largest absolute Gasteiger partial charge is 0.508 e. The quantitative estimate of drug-likeness (QED) is 0.443. The average Bonchev–Trinajstić information content (AvgIpc) is 2.36. The first-order chi connectivity index (χ1) is 8.66. The van der Waals surface area contributed by atoms with Crippen molar-refractivity contribution in [2.75, 3.05) is 0 Å². The minimum Gasteiger partial charge on any atom is -0.508 e. The Hall–Kier alpha value is -2.04. The van der Waals surface area contributed by atoms with Crippen LogP contribution in [0.15, 0.2) is 48.5 Å². The van der Waals surface area contributed by atoms with Crippen LogP contribution >= 0.6 is 0 Å². The lowest BCUT2D eigenvalue weighted by Gasteiger charge is -2.09. The van der Waals surface area contributed by atoms with Crippen LogP contribution in [0.25, 0.3) is 21.5 Å². The Morgan fingerprint density at radius 1 is 0.778 bits per heavy atom. The fourth-order valence-corrected chi connectivity index (χ4v) is 2.30. The lowest BCUT2D eigenvalue weighted by Crippen LogP contribution is -2.30. The topological polar surface area (TPSA) is 60.7 Å². The van der Waals surface area contributed by atoms with E-state index in [1.807, 2.05) is 36.4 Å². The first kappa shape index (κ1) is 11.1. The van der Waals surface area contributed by atoms with E-state index in [2.05, 4.69) is 0 Å². The second-order valence-electron chi connectivity index (χ2n) is 4.29. The van der Waals surface area contributed by atoms with E-state index in [1.54, 1.807) is 6.07 Å². The predicted octanol–water partition coefficient (Wildman–Crippen LogP) is 1.38. The highest BCUT2D eigenvalue weighted by Gasteiger charge is 2.19. The molecular formula is C14H11BO3. The number of rotatable bonds is 1. The summed E-state index contributed by atoms with van der Waals surface area (Å²) in [4.78, 5) is 0. The molecular weight excluding hydrogens is 227 g/mol. The third-order valence-electron chi connectivity index (χ3n) is 3.16. The van der Waals surface area contributed by atoms with Gasteiger partial charge in [-0.15, -0.1) is 0 Å². The van der Waals surface area contributed by atoms with Crippen LogP contribution in [0.4, 0.5) is 0 Å². The maximum Gasteiger partial charge on any atom is 0.492 e. The molecule has 3 N–H and O–H groups in total. The highest BCUT2D eigenvalue weighted by Crippen LogP contribution is 2.24. The molecule has 3 aromatic carbocycles. The second-order valence-corrected chi connectivity index (χ2v) is 4.29. The summed E-state index contributed by atoms with van der Waals surface area (Å²) in [7, 11) is -1.69. The van der Waals surface area contributed by atoms with Gasteiger partial charge in [-0.1, -0.05) is 30.3 Å². The third kappa shape index (κ3) is 1.63. The third-order valence-corrected chi connectivity index (χ3v) is 3.16. The minimum absolute atomic E-state index is 0.104. The Morgan fingerprint density at radius 3 is 2.11 bits per heavy atom. The smallest absolute Gasteiger partial charge is 0.492 e. The van der Waals surface area contributed by atoms with E-state index in [9.17, 15) is 15.2 Å². The van der Waals surface area contributed by atoms with Gasteiger partial charge >= 0.3 is 7.12 Å². The first-order valence-electron chi connectivity index (χ1n) is 5.67. The Bertz CT molecular complexity index is 738. The summed E-state index contributed by atoms with van der Waals surface area (Å²) in [5.41, 5.74) is 0.151.